The maximum absolute atomic E-state index is 13.0. The molecule has 7 nitrogen and oxygen atoms in total. The molecular weight excluding hydrogens is 370 g/mol. The minimum atomic E-state index is -0.313. The third-order valence-corrected chi connectivity index (χ3v) is 5.52. The van der Waals surface area contributed by atoms with Crippen molar-refractivity contribution in [1.82, 2.24) is 14.7 Å². The lowest BCUT2D eigenvalue weighted by atomic mass is 9.93. The van der Waals surface area contributed by atoms with Crippen molar-refractivity contribution in [3.63, 3.8) is 0 Å². The SMILES string of the molecule is CC(=O)N1C=Cc2ccccc2C1CC(=O)N1CCN(C(=O)c2ccoc2)CC1. The lowest BCUT2D eigenvalue weighted by Crippen LogP contribution is -2.51. The smallest absolute Gasteiger partial charge is 0.257 e. The molecule has 0 aliphatic carbocycles. The molecule has 2 aliphatic rings. The van der Waals surface area contributed by atoms with Crippen LogP contribution < -0.4 is 0 Å². The monoisotopic (exact) mass is 393 g/mol. The lowest BCUT2D eigenvalue weighted by molar-refractivity contribution is -0.135. The van der Waals surface area contributed by atoms with E-state index in [1.165, 1.54) is 19.5 Å². The molecule has 0 bridgehead atoms. The van der Waals surface area contributed by atoms with Crippen molar-refractivity contribution in [3.05, 3.63) is 65.7 Å². The quantitative estimate of drug-likeness (QED) is 0.803. The molecule has 1 aromatic carbocycles. The van der Waals surface area contributed by atoms with Crippen molar-refractivity contribution < 1.29 is 18.8 Å². The van der Waals surface area contributed by atoms with E-state index in [1.54, 1.807) is 27.0 Å². The van der Waals surface area contributed by atoms with Crippen LogP contribution in [0.1, 0.15) is 40.9 Å². The molecule has 0 N–H and O–H groups in total. The second-order valence-corrected chi connectivity index (χ2v) is 7.28. The van der Waals surface area contributed by atoms with E-state index in [1.807, 2.05) is 30.3 Å². The predicted octanol–water partition coefficient (Wildman–Crippen LogP) is 2.53. The Morgan fingerprint density at radius 2 is 1.76 bits per heavy atom. The summed E-state index contributed by atoms with van der Waals surface area (Å²) >= 11 is 0. The van der Waals surface area contributed by atoms with Gasteiger partial charge in [0, 0.05) is 39.3 Å². The van der Waals surface area contributed by atoms with E-state index in [2.05, 4.69) is 0 Å². The van der Waals surface area contributed by atoms with Crippen LogP contribution in [0.15, 0.2) is 53.5 Å². The molecule has 0 spiro atoms. The molecule has 1 unspecified atom stereocenters. The van der Waals surface area contributed by atoms with Gasteiger partial charge in [0.15, 0.2) is 0 Å². The Labute approximate surface area is 169 Å². The number of benzene rings is 1. The van der Waals surface area contributed by atoms with Crippen molar-refractivity contribution >= 4 is 23.8 Å². The summed E-state index contributed by atoms with van der Waals surface area (Å²) in [5, 5.41) is 0. The van der Waals surface area contributed by atoms with Crippen LogP contribution in [0.25, 0.3) is 6.08 Å². The highest BCUT2D eigenvalue weighted by Crippen LogP contribution is 2.33. The summed E-state index contributed by atoms with van der Waals surface area (Å²) in [6.45, 7) is 3.43. The number of amides is 3. The van der Waals surface area contributed by atoms with Crippen LogP contribution in [-0.4, -0.2) is 58.6 Å². The van der Waals surface area contributed by atoms with Crippen LogP contribution >= 0.6 is 0 Å². The molecule has 1 aromatic heterocycles. The average Bonchev–Trinajstić information content (AvgIpc) is 3.28. The van der Waals surface area contributed by atoms with E-state index >= 15 is 0 Å². The van der Waals surface area contributed by atoms with Crippen molar-refractivity contribution in [2.24, 2.45) is 0 Å². The van der Waals surface area contributed by atoms with Gasteiger partial charge in [-0.25, -0.2) is 0 Å². The van der Waals surface area contributed by atoms with Crippen LogP contribution in [0.2, 0.25) is 0 Å². The van der Waals surface area contributed by atoms with Crippen molar-refractivity contribution in [2.75, 3.05) is 26.2 Å². The molecular formula is C22H23N3O4. The van der Waals surface area contributed by atoms with Crippen LogP contribution in [0.5, 0.6) is 0 Å². The fourth-order valence-electron chi connectivity index (χ4n) is 3.94. The summed E-state index contributed by atoms with van der Waals surface area (Å²) in [6.07, 6.45) is 6.78. The van der Waals surface area contributed by atoms with Crippen molar-refractivity contribution in [3.8, 4) is 0 Å². The molecule has 3 amide bonds. The number of furan rings is 1. The molecule has 3 heterocycles. The molecule has 2 aliphatic heterocycles. The van der Waals surface area contributed by atoms with Gasteiger partial charge in [-0.3, -0.25) is 14.4 Å². The first-order valence-corrected chi connectivity index (χ1v) is 9.70. The van der Waals surface area contributed by atoms with Gasteiger partial charge in [-0.15, -0.1) is 0 Å². The number of fused-ring (bicyclic) bond motifs is 1. The zero-order valence-corrected chi connectivity index (χ0v) is 16.3. The predicted molar refractivity (Wildman–Crippen MR) is 107 cm³/mol. The number of nitrogens with zero attached hydrogens (tertiary/aromatic N) is 3. The summed E-state index contributed by atoms with van der Waals surface area (Å²) in [6, 6.07) is 9.15. The molecule has 29 heavy (non-hydrogen) atoms. The fourth-order valence-corrected chi connectivity index (χ4v) is 3.94. The van der Waals surface area contributed by atoms with Gasteiger partial charge >= 0.3 is 0 Å². The van der Waals surface area contributed by atoms with Gasteiger partial charge in [0.1, 0.15) is 6.26 Å². The summed E-state index contributed by atoms with van der Waals surface area (Å²) in [5.41, 5.74) is 2.53. The Kier molecular flexibility index (Phi) is 5.20. The first-order chi connectivity index (χ1) is 14.0. The van der Waals surface area contributed by atoms with Crippen LogP contribution in [0, 0.1) is 0 Å². The van der Waals surface area contributed by atoms with Gasteiger partial charge in [0.2, 0.25) is 11.8 Å². The highest BCUT2D eigenvalue weighted by Gasteiger charge is 2.31. The van der Waals surface area contributed by atoms with E-state index in [4.69, 9.17) is 4.42 Å². The molecule has 1 fully saturated rings. The van der Waals surface area contributed by atoms with E-state index in [0.29, 0.717) is 31.7 Å². The summed E-state index contributed by atoms with van der Waals surface area (Å²) in [7, 11) is 0. The molecule has 1 saturated heterocycles. The van der Waals surface area contributed by atoms with Crippen molar-refractivity contribution in [1.29, 1.82) is 0 Å². The van der Waals surface area contributed by atoms with E-state index in [-0.39, 0.29) is 30.2 Å². The number of carbonyl (C=O) groups is 3. The maximum atomic E-state index is 13.0. The molecule has 1 atom stereocenters. The average molecular weight is 393 g/mol. The van der Waals surface area contributed by atoms with Gasteiger partial charge in [0.05, 0.1) is 24.3 Å². The van der Waals surface area contributed by atoms with Crippen LogP contribution in [0.4, 0.5) is 0 Å². The zero-order valence-electron chi connectivity index (χ0n) is 16.3. The van der Waals surface area contributed by atoms with Gasteiger partial charge in [-0.1, -0.05) is 24.3 Å². The minimum Gasteiger partial charge on any atom is -0.472 e. The van der Waals surface area contributed by atoms with Crippen LogP contribution in [0.3, 0.4) is 0 Å². The molecule has 0 saturated carbocycles. The van der Waals surface area contributed by atoms with Gasteiger partial charge in [-0.2, -0.15) is 0 Å². The first-order valence-electron chi connectivity index (χ1n) is 9.70. The van der Waals surface area contributed by atoms with Crippen molar-refractivity contribution in [2.45, 2.75) is 19.4 Å². The Hall–Kier alpha value is -3.35. The number of hydrogen-bond acceptors (Lipinski definition) is 4. The van der Waals surface area contributed by atoms with Crippen LogP contribution in [-0.2, 0) is 9.59 Å². The number of hydrogen-bond donors (Lipinski definition) is 0. The number of carbonyl (C=O) groups excluding carboxylic acids is 3. The molecule has 7 heteroatoms. The highest BCUT2D eigenvalue weighted by atomic mass is 16.3. The Morgan fingerprint density at radius 3 is 2.45 bits per heavy atom. The third-order valence-electron chi connectivity index (χ3n) is 5.52. The van der Waals surface area contributed by atoms with Gasteiger partial charge in [-0.05, 0) is 23.3 Å². The topological polar surface area (TPSA) is 74.1 Å². The number of rotatable bonds is 3. The van der Waals surface area contributed by atoms with E-state index in [0.717, 1.165) is 11.1 Å². The summed E-state index contributed by atoms with van der Waals surface area (Å²) in [4.78, 5) is 42.7. The third kappa shape index (κ3) is 3.81. The zero-order chi connectivity index (χ0) is 20.4. The minimum absolute atomic E-state index is 0.0123. The van der Waals surface area contributed by atoms with Gasteiger partial charge < -0.3 is 19.1 Å². The maximum Gasteiger partial charge on any atom is 0.257 e. The normalized spacial score (nSPS) is 18.5. The van der Waals surface area contributed by atoms with E-state index < -0.39 is 0 Å². The standard InChI is InChI=1S/C22H23N3O4/c1-16(26)25-8-6-17-4-2-3-5-19(17)20(25)14-21(27)23-9-11-24(12-10-23)22(28)18-7-13-29-15-18/h2-8,13,15,20H,9-12,14H2,1H3. The second kappa shape index (κ2) is 7.95. The lowest BCUT2D eigenvalue weighted by Gasteiger charge is -2.37. The second-order valence-electron chi connectivity index (χ2n) is 7.28. The summed E-state index contributed by atoms with van der Waals surface area (Å²) in [5.74, 6) is -0.189. The molecule has 2 aromatic rings. The van der Waals surface area contributed by atoms with E-state index in [9.17, 15) is 14.4 Å². The summed E-state index contributed by atoms with van der Waals surface area (Å²) < 4.78 is 4.98. The largest absolute Gasteiger partial charge is 0.472 e. The van der Waals surface area contributed by atoms with Gasteiger partial charge in [0.25, 0.3) is 5.91 Å². The molecule has 150 valence electrons. The highest BCUT2D eigenvalue weighted by molar-refractivity contribution is 5.94. The fraction of sp³-hybridized carbons (Fsp3) is 0.318. The first kappa shape index (κ1) is 19.0. The molecule has 4 rings (SSSR count). The number of piperazine rings is 1. The Morgan fingerprint density at radius 1 is 1.03 bits per heavy atom. The Bertz CT molecular complexity index is 943. The Balaban J connectivity index is 1.42. The molecule has 0 radical (unpaired) electrons.